The maximum absolute atomic E-state index is 12.5. The fraction of sp³-hybridized carbons (Fsp3) is 0.550. The number of nitrogens with zero attached hydrogens (tertiary/aromatic N) is 4. The van der Waals surface area contributed by atoms with Gasteiger partial charge in [0.2, 0.25) is 11.0 Å². The van der Waals surface area contributed by atoms with Crippen molar-refractivity contribution in [3.63, 3.8) is 0 Å². The lowest BCUT2D eigenvalue weighted by atomic mass is 9.96. The molecule has 0 saturated carbocycles. The summed E-state index contributed by atoms with van der Waals surface area (Å²) in [4.78, 5) is 21.4. The van der Waals surface area contributed by atoms with Crippen molar-refractivity contribution in [1.82, 2.24) is 19.2 Å². The zero-order valence-electron chi connectivity index (χ0n) is 16.7. The van der Waals surface area contributed by atoms with Gasteiger partial charge in [-0.2, -0.15) is 4.37 Å². The topological polar surface area (TPSA) is 61.4 Å². The van der Waals surface area contributed by atoms with E-state index in [4.69, 9.17) is 0 Å². The van der Waals surface area contributed by atoms with Crippen LogP contribution < -0.4 is 5.32 Å². The zero-order valence-corrected chi connectivity index (χ0v) is 17.5. The number of piperazine rings is 1. The van der Waals surface area contributed by atoms with E-state index in [-0.39, 0.29) is 11.3 Å². The van der Waals surface area contributed by atoms with E-state index in [0.29, 0.717) is 6.42 Å². The maximum Gasteiger partial charge on any atom is 0.227 e. The molecule has 1 saturated heterocycles. The number of nitrogens with one attached hydrogen (secondary N) is 1. The monoisotopic (exact) mass is 387 g/mol. The summed E-state index contributed by atoms with van der Waals surface area (Å²) in [5.74, 6) is 1.06. The summed E-state index contributed by atoms with van der Waals surface area (Å²) in [6.45, 7) is 13.2. The van der Waals surface area contributed by atoms with Crippen LogP contribution in [0.3, 0.4) is 0 Å². The molecule has 0 bridgehead atoms. The van der Waals surface area contributed by atoms with E-state index in [0.717, 1.165) is 54.9 Å². The Morgan fingerprint density at radius 1 is 1.15 bits per heavy atom. The largest absolute Gasteiger partial charge is 0.340 e. The Morgan fingerprint density at radius 3 is 2.37 bits per heavy atom. The maximum atomic E-state index is 12.5. The minimum absolute atomic E-state index is 0.0523. The van der Waals surface area contributed by atoms with E-state index in [1.807, 2.05) is 29.2 Å². The molecular weight excluding hydrogens is 358 g/mol. The van der Waals surface area contributed by atoms with Gasteiger partial charge in [-0.3, -0.25) is 4.79 Å². The highest BCUT2D eigenvalue weighted by molar-refractivity contribution is 7.09. The Kier molecular flexibility index (Phi) is 6.11. The first-order valence-corrected chi connectivity index (χ1v) is 10.3. The van der Waals surface area contributed by atoms with Crippen LogP contribution in [0.25, 0.3) is 0 Å². The van der Waals surface area contributed by atoms with Gasteiger partial charge in [0.25, 0.3) is 0 Å². The normalized spacial score (nSPS) is 15.8. The van der Waals surface area contributed by atoms with Gasteiger partial charge >= 0.3 is 0 Å². The molecular formula is C20H29N5OS. The van der Waals surface area contributed by atoms with E-state index in [9.17, 15) is 4.79 Å². The van der Waals surface area contributed by atoms with Crippen LogP contribution in [0.4, 0.5) is 10.8 Å². The van der Waals surface area contributed by atoms with Crippen molar-refractivity contribution in [2.24, 2.45) is 0 Å². The fourth-order valence-corrected chi connectivity index (χ4v) is 3.79. The number of anilines is 2. The van der Waals surface area contributed by atoms with Crippen molar-refractivity contribution in [2.45, 2.75) is 39.5 Å². The minimum Gasteiger partial charge on any atom is -0.340 e. The molecule has 1 aliphatic heterocycles. The van der Waals surface area contributed by atoms with Crippen molar-refractivity contribution >= 4 is 28.3 Å². The molecule has 0 radical (unpaired) electrons. The van der Waals surface area contributed by atoms with E-state index in [1.54, 1.807) is 0 Å². The Labute approximate surface area is 165 Å². The van der Waals surface area contributed by atoms with Crippen molar-refractivity contribution in [2.75, 3.05) is 38.0 Å². The third-order valence-corrected chi connectivity index (χ3v) is 5.46. The number of benzene rings is 1. The number of likely N-dealkylation sites (N-methyl/N-ethyl adjacent to an activating group) is 1. The van der Waals surface area contributed by atoms with Gasteiger partial charge in [0.15, 0.2) is 0 Å². The predicted molar refractivity (Wildman–Crippen MR) is 111 cm³/mol. The van der Waals surface area contributed by atoms with Gasteiger partial charge in [-0.1, -0.05) is 39.8 Å². The number of aromatic nitrogens is 2. The van der Waals surface area contributed by atoms with Crippen molar-refractivity contribution in [3.05, 3.63) is 35.7 Å². The summed E-state index contributed by atoms with van der Waals surface area (Å²) in [5, 5.41) is 4.09. The van der Waals surface area contributed by atoms with E-state index < -0.39 is 0 Å². The predicted octanol–water partition coefficient (Wildman–Crippen LogP) is 3.29. The molecule has 2 heterocycles. The standard InChI is InChI=1S/C20H29N5OS/c1-5-24-10-12-25(13-11-24)17(26)14-15-6-8-16(9-7-15)21-19-22-18(23-27-19)20(2,3)4/h6-9H,5,10-14H2,1-4H3,(H,21,22,23). The van der Waals surface area contributed by atoms with E-state index in [1.165, 1.54) is 11.5 Å². The van der Waals surface area contributed by atoms with Crippen LogP contribution in [0.5, 0.6) is 0 Å². The molecule has 2 aromatic rings. The van der Waals surface area contributed by atoms with Crippen LogP contribution in [-0.4, -0.2) is 57.8 Å². The van der Waals surface area contributed by atoms with Crippen molar-refractivity contribution in [3.8, 4) is 0 Å². The average molecular weight is 388 g/mol. The lowest BCUT2D eigenvalue weighted by Crippen LogP contribution is -2.48. The lowest BCUT2D eigenvalue weighted by Gasteiger charge is -2.34. The van der Waals surface area contributed by atoms with Gasteiger partial charge < -0.3 is 15.1 Å². The highest BCUT2D eigenvalue weighted by Gasteiger charge is 2.21. The lowest BCUT2D eigenvalue weighted by molar-refractivity contribution is -0.132. The van der Waals surface area contributed by atoms with Crippen LogP contribution in [-0.2, 0) is 16.6 Å². The van der Waals surface area contributed by atoms with Gasteiger partial charge in [-0.05, 0) is 24.2 Å². The third-order valence-electron chi connectivity index (χ3n) is 4.83. The molecule has 1 aliphatic rings. The quantitative estimate of drug-likeness (QED) is 0.853. The zero-order chi connectivity index (χ0) is 19.4. The molecule has 0 aliphatic carbocycles. The molecule has 1 amide bonds. The number of hydrogen-bond acceptors (Lipinski definition) is 6. The summed E-state index contributed by atoms with van der Waals surface area (Å²) in [7, 11) is 0. The molecule has 1 aromatic carbocycles. The van der Waals surface area contributed by atoms with Gasteiger partial charge in [0.1, 0.15) is 5.82 Å². The minimum atomic E-state index is -0.0523. The molecule has 6 nitrogen and oxygen atoms in total. The smallest absolute Gasteiger partial charge is 0.227 e. The first-order valence-electron chi connectivity index (χ1n) is 9.55. The van der Waals surface area contributed by atoms with E-state index in [2.05, 4.69) is 47.3 Å². The molecule has 0 unspecified atom stereocenters. The molecule has 7 heteroatoms. The second kappa shape index (κ2) is 8.35. The first kappa shape index (κ1) is 19.8. The average Bonchev–Trinajstić information content (AvgIpc) is 3.12. The van der Waals surface area contributed by atoms with Crippen LogP contribution >= 0.6 is 11.5 Å². The number of rotatable bonds is 5. The van der Waals surface area contributed by atoms with Crippen LogP contribution in [0.2, 0.25) is 0 Å². The molecule has 0 spiro atoms. The second-order valence-electron chi connectivity index (χ2n) is 7.99. The molecule has 1 fully saturated rings. The Morgan fingerprint density at radius 2 is 1.81 bits per heavy atom. The van der Waals surface area contributed by atoms with Gasteiger partial charge in [0, 0.05) is 48.8 Å². The summed E-state index contributed by atoms with van der Waals surface area (Å²) >= 11 is 1.37. The fourth-order valence-electron chi connectivity index (χ4n) is 3.01. The van der Waals surface area contributed by atoms with Crippen LogP contribution in [0.1, 0.15) is 39.1 Å². The number of carbonyl (C=O) groups excluding carboxylic acids is 1. The third kappa shape index (κ3) is 5.26. The Hall–Kier alpha value is -1.99. The highest BCUT2D eigenvalue weighted by Crippen LogP contribution is 2.25. The van der Waals surface area contributed by atoms with Gasteiger partial charge in [0.05, 0.1) is 6.42 Å². The second-order valence-corrected chi connectivity index (χ2v) is 8.74. The summed E-state index contributed by atoms with van der Waals surface area (Å²) in [6, 6.07) is 8.01. The van der Waals surface area contributed by atoms with Crippen LogP contribution in [0, 0.1) is 0 Å². The van der Waals surface area contributed by atoms with Gasteiger partial charge in [-0.15, -0.1) is 0 Å². The number of hydrogen-bond donors (Lipinski definition) is 1. The molecule has 1 N–H and O–H groups in total. The van der Waals surface area contributed by atoms with Crippen molar-refractivity contribution in [1.29, 1.82) is 0 Å². The summed E-state index contributed by atoms with van der Waals surface area (Å²) in [5.41, 5.74) is 1.94. The van der Waals surface area contributed by atoms with E-state index >= 15 is 0 Å². The summed E-state index contributed by atoms with van der Waals surface area (Å²) in [6.07, 6.45) is 0.458. The molecule has 0 atom stereocenters. The Bertz CT molecular complexity index is 757. The van der Waals surface area contributed by atoms with Crippen LogP contribution in [0.15, 0.2) is 24.3 Å². The molecule has 146 valence electrons. The summed E-state index contributed by atoms with van der Waals surface area (Å²) < 4.78 is 4.42. The number of carbonyl (C=O) groups is 1. The molecule has 3 rings (SSSR count). The highest BCUT2D eigenvalue weighted by atomic mass is 32.1. The van der Waals surface area contributed by atoms with Crippen molar-refractivity contribution < 1.29 is 4.79 Å². The number of amides is 1. The Balaban J connectivity index is 1.54. The molecule has 1 aromatic heterocycles. The van der Waals surface area contributed by atoms with Gasteiger partial charge in [-0.25, -0.2) is 4.98 Å². The SMILES string of the molecule is CCN1CCN(C(=O)Cc2ccc(Nc3nc(C(C)(C)C)ns3)cc2)CC1. The first-order chi connectivity index (χ1) is 12.8. The molecule has 27 heavy (non-hydrogen) atoms.